The van der Waals surface area contributed by atoms with Gasteiger partial charge in [0.25, 0.3) is 0 Å². The molecule has 1 unspecified atom stereocenters. The van der Waals surface area contributed by atoms with Crippen LogP contribution in [-0.2, 0) is 20.6 Å². The van der Waals surface area contributed by atoms with Gasteiger partial charge in [-0.2, -0.15) is 0 Å². The molecule has 0 bridgehead atoms. The zero-order valence-electron chi connectivity index (χ0n) is 10.1. The van der Waals surface area contributed by atoms with Crippen molar-refractivity contribution in [2.24, 2.45) is 0 Å². The van der Waals surface area contributed by atoms with Crippen LogP contribution in [0.2, 0.25) is 0 Å². The first-order valence-corrected chi connectivity index (χ1v) is 8.63. The molecule has 0 saturated carbocycles. The van der Waals surface area contributed by atoms with Crippen LogP contribution in [0.15, 0.2) is 23.1 Å². The fraction of sp³-hybridized carbons (Fsp3) is 0.455. The smallest absolute Gasteiger partial charge is 0.151 e. The number of rotatable bonds is 6. The number of hydrogen-bond donors (Lipinski definition) is 1. The van der Waals surface area contributed by atoms with Crippen LogP contribution in [-0.4, -0.2) is 29.9 Å². The van der Waals surface area contributed by atoms with Gasteiger partial charge >= 0.3 is 0 Å². The Kier molecular flexibility index (Phi) is 5.28. The molecule has 0 spiro atoms. The largest absolute Gasteiger partial charge is 0.399 e. The summed E-state index contributed by atoms with van der Waals surface area (Å²) in [7, 11) is -4.86. The predicted octanol–water partition coefficient (Wildman–Crippen LogP) is 1.34. The van der Waals surface area contributed by atoms with E-state index in [4.69, 9.17) is 5.73 Å². The average Bonchev–Trinajstić information content (AvgIpc) is 2.26. The van der Waals surface area contributed by atoms with Crippen molar-refractivity contribution < 1.29 is 17.0 Å². The number of nitrogens with two attached hydrogens (primary N) is 1. The van der Waals surface area contributed by atoms with Crippen molar-refractivity contribution in [1.29, 1.82) is 0 Å². The summed E-state index contributed by atoms with van der Waals surface area (Å²) >= 11 is 0. The molecule has 1 aromatic carbocycles. The molecule has 0 aliphatic rings. The second-order valence-corrected chi connectivity index (χ2v) is 7.73. The maximum Gasteiger partial charge on any atom is 0.151 e. The van der Waals surface area contributed by atoms with Crippen LogP contribution in [0.3, 0.4) is 0 Å². The zero-order valence-corrected chi connectivity index (χ0v) is 11.7. The molecule has 2 N–H and O–H groups in total. The van der Waals surface area contributed by atoms with Crippen LogP contribution >= 0.6 is 0 Å². The third-order valence-corrected chi connectivity index (χ3v) is 5.81. The van der Waals surface area contributed by atoms with Crippen LogP contribution in [0.1, 0.15) is 13.3 Å². The van der Waals surface area contributed by atoms with Crippen LogP contribution < -0.4 is 5.73 Å². The first kappa shape index (κ1) is 15.1. The van der Waals surface area contributed by atoms with E-state index in [0.29, 0.717) is 6.42 Å². The molecule has 0 aromatic heterocycles. The highest BCUT2D eigenvalue weighted by Crippen LogP contribution is 2.16. The normalized spacial score (nSPS) is 13.4. The minimum absolute atomic E-state index is 0.00380. The highest BCUT2D eigenvalue weighted by atomic mass is 32.2. The van der Waals surface area contributed by atoms with Gasteiger partial charge in [-0.25, -0.2) is 12.8 Å². The van der Waals surface area contributed by atoms with Crippen LogP contribution in [0.25, 0.3) is 0 Å². The molecule has 1 aromatic rings. The summed E-state index contributed by atoms with van der Waals surface area (Å²) in [6, 6.07) is 3.85. The van der Waals surface area contributed by atoms with E-state index < -0.39 is 26.5 Å². The van der Waals surface area contributed by atoms with E-state index in [2.05, 4.69) is 0 Å². The standard InChI is InChI=1S/C11H16FNO3S2/c1-2-6-18(15,16)7-5-17(14)11-4-3-9(13)8-10(11)12/h3-4,8H,2,5-7,13H2,1H3. The quantitative estimate of drug-likeness (QED) is 0.803. The van der Waals surface area contributed by atoms with Gasteiger partial charge in [0.05, 0.1) is 21.4 Å². The Morgan fingerprint density at radius 1 is 1.33 bits per heavy atom. The van der Waals surface area contributed by atoms with E-state index in [9.17, 15) is 17.0 Å². The number of hydrogen-bond acceptors (Lipinski definition) is 4. The lowest BCUT2D eigenvalue weighted by Gasteiger charge is -2.05. The van der Waals surface area contributed by atoms with Crippen molar-refractivity contribution >= 4 is 26.3 Å². The number of sulfone groups is 1. The number of benzene rings is 1. The molecule has 102 valence electrons. The monoisotopic (exact) mass is 293 g/mol. The molecular formula is C11H16FNO3S2. The van der Waals surface area contributed by atoms with E-state index in [1.165, 1.54) is 12.1 Å². The first-order chi connectivity index (χ1) is 8.35. The Labute approximate surface area is 109 Å². The Bertz CT molecular complexity index is 543. The lowest BCUT2D eigenvalue weighted by atomic mass is 10.3. The topological polar surface area (TPSA) is 77.2 Å². The molecule has 4 nitrogen and oxygen atoms in total. The molecule has 1 rings (SSSR count). The molecule has 1 atom stereocenters. The first-order valence-electron chi connectivity index (χ1n) is 5.49. The molecular weight excluding hydrogens is 277 g/mol. The van der Waals surface area contributed by atoms with Gasteiger partial charge in [-0.3, -0.25) is 4.21 Å². The van der Waals surface area contributed by atoms with Gasteiger partial charge in [-0.1, -0.05) is 6.92 Å². The van der Waals surface area contributed by atoms with Gasteiger partial charge < -0.3 is 5.73 Å². The predicted molar refractivity (Wildman–Crippen MR) is 71.0 cm³/mol. The summed E-state index contributed by atoms with van der Waals surface area (Å²) in [5, 5.41) is 0. The molecule has 0 aliphatic carbocycles. The molecule has 7 heteroatoms. The summed E-state index contributed by atoms with van der Waals surface area (Å²) in [5.41, 5.74) is 5.62. The minimum Gasteiger partial charge on any atom is -0.399 e. The molecule has 18 heavy (non-hydrogen) atoms. The fourth-order valence-electron chi connectivity index (χ4n) is 1.43. The number of halogens is 1. The second kappa shape index (κ2) is 6.29. The van der Waals surface area contributed by atoms with Gasteiger partial charge in [0.2, 0.25) is 0 Å². The Morgan fingerprint density at radius 2 is 2.00 bits per heavy atom. The fourth-order valence-corrected chi connectivity index (χ4v) is 4.59. The molecule has 0 aliphatic heterocycles. The summed E-state index contributed by atoms with van der Waals surface area (Å²) in [4.78, 5) is -0.00380. The van der Waals surface area contributed by atoms with Crippen molar-refractivity contribution in [3.63, 3.8) is 0 Å². The zero-order chi connectivity index (χ0) is 13.8. The van der Waals surface area contributed by atoms with Gasteiger partial charge in [0, 0.05) is 17.2 Å². The van der Waals surface area contributed by atoms with Crippen LogP contribution in [0, 0.1) is 5.82 Å². The maximum atomic E-state index is 13.4. The Morgan fingerprint density at radius 3 is 2.56 bits per heavy atom. The average molecular weight is 293 g/mol. The Hall–Kier alpha value is -0.950. The van der Waals surface area contributed by atoms with Gasteiger partial charge in [-0.05, 0) is 24.6 Å². The maximum absolute atomic E-state index is 13.4. The molecule has 0 fully saturated rings. The summed E-state index contributed by atoms with van der Waals surface area (Å²) < 4.78 is 48.2. The van der Waals surface area contributed by atoms with Crippen LogP contribution in [0.4, 0.5) is 10.1 Å². The third kappa shape index (κ3) is 4.38. The second-order valence-electron chi connectivity index (χ2n) is 3.89. The molecule has 0 radical (unpaired) electrons. The van der Waals surface area contributed by atoms with Crippen molar-refractivity contribution in [1.82, 2.24) is 0 Å². The van der Waals surface area contributed by atoms with Crippen molar-refractivity contribution in [3.05, 3.63) is 24.0 Å². The van der Waals surface area contributed by atoms with Crippen LogP contribution in [0.5, 0.6) is 0 Å². The van der Waals surface area contributed by atoms with E-state index >= 15 is 0 Å². The highest BCUT2D eigenvalue weighted by Gasteiger charge is 2.15. The van der Waals surface area contributed by atoms with Crippen molar-refractivity contribution in [3.8, 4) is 0 Å². The molecule has 0 heterocycles. The van der Waals surface area contributed by atoms with Crippen molar-refractivity contribution in [2.45, 2.75) is 18.2 Å². The third-order valence-electron chi connectivity index (χ3n) is 2.30. The van der Waals surface area contributed by atoms with Gasteiger partial charge in [0.1, 0.15) is 5.82 Å². The molecule has 0 saturated heterocycles. The van der Waals surface area contributed by atoms with E-state index in [0.717, 1.165) is 6.07 Å². The van der Waals surface area contributed by atoms with Gasteiger partial charge in [-0.15, -0.1) is 0 Å². The van der Waals surface area contributed by atoms with E-state index in [-0.39, 0.29) is 27.8 Å². The lowest BCUT2D eigenvalue weighted by Crippen LogP contribution is -2.16. The highest BCUT2D eigenvalue weighted by molar-refractivity contribution is 7.93. The summed E-state index contributed by atoms with van der Waals surface area (Å²) in [5.74, 6) is -0.893. The number of nitrogen functional groups attached to an aromatic ring is 1. The molecule has 0 amide bonds. The number of anilines is 1. The summed E-state index contributed by atoms with van der Waals surface area (Å²) in [6.45, 7) is 1.76. The van der Waals surface area contributed by atoms with Gasteiger partial charge in [0.15, 0.2) is 9.84 Å². The lowest BCUT2D eigenvalue weighted by molar-refractivity contribution is 0.591. The van der Waals surface area contributed by atoms with Crippen molar-refractivity contribution in [2.75, 3.05) is 23.0 Å². The summed E-state index contributed by atoms with van der Waals surface area (Å²) in [6.07, 6.45) is 0.519. The van der Waals surface area contributed by atoms with E-state index in [1.54, 1.807) is 6.92 Å². The van der Waals surface area contributed by atoms with E-state index in [1.807, 2.05) is 0 Å². The SMILES string of the molecule is CCCS(=O)(=O)CCS(=O)c1ccc(N)cc1F. The Balaban J connectivity index is 2.72. The minimum atomic E-state index is -3.20.